The first kappa shape index (κ1) is 12.6. The summed E-state index contributed by atoms with van der Waals surface area (Å²) in [6, 6.07) is 5.35. The number of thiazole rings is 1. The molecular formula is C11H8BrNO2S2. The molecule has 0 aliphatic rings. The van der Waals surface area contributed by atoms with Gasteiger partial charge in [0.1, 0.15) is 0 Å². The number of rotatable bonds is 4. The summed E-state index contributed by atoms with van der Waals surface area (Å²) in [4.78, 5) is 17.1. The molecular weight excluding hydrogens is 322 g/mol. The average molecular weight is 330 g/mol. The molecule has 0 atom stereocenters. The zero-order chi connectivity index (χ0) is 12.3. The highest BCUT2D eigenvalue weighted by atomic mass is 79.9. The smallest absolute Gasteiger partial charge is 0.336 e. The van der Waals surface area contributed by atoms with Gasteiger partial charge in [0.15, 0.2) is 0 Å². The maximum absolute atomic E-state index is 11.0. The van der Waals surface area contributed by atoms with E-state index in [1.54, 1.807) is 40.7 Å². The minimum absolute atomic E-state index is 0.291. The molecule has 17 heavy (non-hydrogen) atoms. The summed E-state index contributed by atoms with van der Waals surface area (Å²) in [5, 5.41) is 9.00. The van der Waals surface area contributed by atoms with Crippen molar-refractivity contribution >= 4 is 45.0 Å². The summed E-state index contributed by atoms with van der Waals surface area (Å²) in [6.07, 6.45) is 1.83. The predicted octanol–water partition coefficient (Wildman–Crippen LogP) is 3.90. The molecule has 0 bridgehead atoms. The number of hydrogen-bond donors (Lipinski definition) is 1. The molecule has 0 aliphatic carbocycles. The molecule has 2 rings (SSSR count). The minimum Gasteiger partial charge on any atom is -0.478 e. The van der Waals surface area contributed by atoms with Crippen LogP contribution in [0.4, 0.5) is 0 Å². The van der Waals surface area contributed by atoms with Gasteiger partial charge in [-0.05, 0) is 34.1 Å². The van der Waals surface area contributed by atoms with Gasteiger partial charge in [0.05, 0.1) is 11.1 Å². The maximum Gasteiger partial charge on any atom is 0.336 e. The van der Waals surface area contributed by atoms with Crippen LogP contribution in [0.15, 0.2) is 39.3 Å². The molecule has 1 aromatic heterocycles. The fraction of sp³-hybridized carbons (Fsp3) is 0.0909. The van der Waals surface area contributed by atoms with Crippen molar-refractivity contribution in [2.75, 3.05) is 0 Å². The van der Waals surface area contributed by atoms with E-state index < -0.39 is 5.97 Å². The molecule has 0 unspecified atom stereocenters. The zero-order valence-corrected chi connectivity index (χ0v) is 11.8. The Bertz CT molecular complexity index is 528. The van der Waals surface area contributed by atoms with Crippen LogP contribution in [0.3, 0.4) is 0 Å². The standard InChI is InChI=1S/C11H8BrNO2S2/c12-10-2-1-7(3-9(10)11(14)15)16-5-8-4-13-6-17-8/h1-4,6H,5H2,(H,14,15). The molecule has 0 fully saturated rings. The van der Waals surface area contributed by atoms with E-state index in [0.717, 1.165) is 10.6 Å². The Morgan fingerprint density at radius 3 is 3.00 bits per heavy atom. The van der Waals surface area contributed by atoms with E-state index in [4.69, 9.17) is 5.11 Å². The Kier molecular flexibility index (Phi) is 4.20. The highest BCUT2D eigenvalue weighted by molar-refractivity contribution is 9.10. The largest absolute Gasteiger partial charge is 0.478 e. The van der Waals surface area contributed by atoms with Gasteiger partial charge in [0.2, 0.25) is 0 Å². The molecule has 0 spiro atoms. The highest BCUT2D eigenvalue weighted by Crippen LogP contribution is 2.28. The summed E-state index contributed by atoms with van der Waals surface area (Å²) in [7, 11) is 0. The van der Waals surface area contributed by atoms with Gasteiger partial charge in [0.25, 0.3) is 0 Å². The first-order valence-electron chi connectivity index (χ1n) is 4.70. The minimum atomic E-state index is -0.919. The summed E-state index contributed by atoms with van der Waals surface area (Å²) < 4.78 is 0.604. The fourth-order valence-corrected chi connectivity index (χ4v) is 3.22. The molecule has 6 heteroatoms. The number of aromatic carboxylic acids is 1. The van der Waals surface area contributed by atoms with Gasteiger partial charge in [-0.25, -0.2) is 4.79 Å². The third-order valence-corrected chi connectivity index (χ3v) is 4.73. The second-order valence-electron chi connectivity index (χ2n) is 3.20. The van der Waals surface area contributed by atoms with Crippen LogP contribution in [-0.4, -0.2) is 16.1 Å². The van der Waals surface area contributed by atoms with Gasteiger partial charge in [-0.3, -0.25) is 4.98 Å². The van der Waals surface area contributed by atoms with Crippen LogP contribution >= 0.6 is 39.0 Å². The van der Waals surface area contributed by atoms with Gasteiger partial charge in [0, 0.05) is 26.2 Å². The van der Waals surface area contributed by atoms with E-state index in [9.17, 15) is 4.79 Å². The number of aromatic nitrogens is 1. The Morgan fingerprint density at radius 2 is 2.35 bits per heavy atom. The number of carbonyl (C=O) groups is 1. The van der Waals surface area contributed by atoms with Gasteiger partial charge in [-0.1, -0.05) is 0 Å². The molecule has 0 amide bonds. The van der Waals surface area contributed by atoms with Crippen molar-refractivity contribution in [1.82, 2.24) is 4.98 Å². The second-order valence-corrected chi connectivity index (χ2v) is 6.08. The lowest BCUT2D eigenvalue weighted by Crippen LogP contribution is -1.97. The summed E-state index contributed by atoms with van der Waals surface area (Å²) in [5.74, 6) is -0.108. The van der Waals surface area contributed by atoms with E-state index in [-0.39, 0.29) is 0 Å². The van der Waals surface area contributed by atoms with Crippen molar-refractivity contribution in [3.63, 3.8) is 0 Å². The van der Waals surface area contributed by atoms with Crippen LogP contribution < -0.4 is 0 Å². The monoisotopic (exact) mass is 329 g/mol. The van der Waals surface area contributed by atoms with E-state index >= 15 is 0 Å². The molecule has 1 heterocycles. The summed E-state index contributed by atoms with van der Waals surface area (Å²) in [6.45, 7) is 0. The molecule has 1 aromatic carbocycles. The molecule has 0 saturated heterocycles. The zero-order valence-electron chi connectivity index (χ0n) is 8.59. The van der Waals surface area contributed by atoms with Crippen LogP contribution in [0.1, 0.15) is 15.2 Å². The fourth-order valence-electron chi connectivity index (χ4n) is 1.23. The predicted molar refractivity (Wildman–Crippen MR) is 72.8 cm³/mol. The van der Waals surface area contributed by atoms with Crippen LogP contribution in [0.2, 0.25) is 0 Å². The third kappa shape index (κ3) is 3.31. The summed E-state index contributed by atoms with van der Waals surface area (Å²) in [5.41, 5.74) is 2.08. The SMILES string of the molecule is O=C(O)c1cc(SCc2cncs2)ccc1Br. The molecule has 0 aliphatic heterocycles. The Hall–Kier alpha value is -0.850. The van der Waals surface area contributed by atoms with Crippen molar-refractivity contribution in [3.8, 4) is 0 Å². The lowest BCUT2D eigenvalue weighted by molar-refractivity contribution is 0.0695. The Balaban J connectivity index is 2.11. The topological polar surface area (TPSA) is 50.2 Å². The average Bonchev–Trinajstić information content (AvgIpc) is 2.80. The molecule has 0 radical (unpaired) electrons. The van der Waals surface area contributed by atoms with Crippen molar-refractivity contribution in [1.29, 1.82) is 0 Å². The second kappa shape index (κ2) is 5.66. The number of hydrogen-bond acceptors (Lipinski definition) is 4. The number of nitrogens with zero attached hydrogens (tertiary/aromatic N) is 1. The van der Waals surface area contributed by atoms with Crippen molar-refractivity contribution in [3.05, 3.63) is 44.8 Å². The number of benzene rings is 1. The summed E-state index contributed by atoms with van der Waals surface area (Å²) >= 11 is 6.43. The number of carboxylic acid groups (broad SMARTS) is 1. The Morgan fingerprint density at radius 1 is 1.53 bits per heavy atom. The first-order valence-corrected chi connectivity index (χ1v) is 7.35. The van der Waals surface area contributed by atoms with Gasteiger partial charge in [-0.2, -0.15) is 0 Å². The number of carboxylic acids is 1. The van der Waals surface area contributed by atoms with Gasteiger partial charge in [-0.15, -0.1) is 23.1 Å². The molecule has 0 saturated carbocycles. The highest BCUT2D eigenvalue weighted by Gasteiger charge is 2.09. The van der Waals surface area contributed by atoms with E-state index in [2.05, 4.69) is 20.9 Å². The normalized spacial score (nSPS) is 10.4. The van der Waals surface area contributed by atoms with Crippen molar-refractivity contribution < 1.29 is 9.90 Å². The molecule has 2 aromatic rings. The van der Waals surface area contributed by atoms with Crippen molar-refractivity contribution in [2.24, 2.45) is 0 Å². The van der Waals surface area contributed by atoms with Gasteiger partial charge < -0.3 is 5.11 Å². The van der Waals surface area contributed by atoms with Crippen LogP contribution in [0, 0.1) is 0 Å². The molecule has 1 N–H and O–H groups in total. The van der Waals surface area contributed by atoms with Crippen LogP contribution in [0.5, 0.6) is 0 Å². The maximum atomic E-state index is 11.0. The van der Waals surface area contributed by atoms with E-state index in [1.807, 2.05) is 12.3 Å². The number of thioether (sulfide) groups is 1. The van der Waals surface area contributed by atoms with Gasteiger partial charge >= 0.3 is 5.97 Å². The molecule has 3 nitrogen and oxygen atoms in total. The van der Waals surface area contributed by atoms with E-state index in [1.165, 1.54) is 4.88 Å². The van der Waals surface area contributed by atoms with Crippen LogP contribution in [-0.2, 0) is 5.75 Å². The lowest BCUT2D eigenvalue weighted by atomic mass is 10.2. The first-order chi connectivity index (χ1) is 8.16. The quantitative estimate of drug-likeness (QED) is 0.864. The Labute approximate surface area is 115 Å². The third-order valence-electron chi connectivity index (χ3n) is 2.03. The van der Waals surface area contributed by atoms with Crippen LogP contribution in [0.25, 0.3) is 0 Å². The van der Waals surface area contributed by atoms with Crippen molar-refractivity contribution in [2.45, 2.75) is 10.6 Å². The van der Waals surface area contributed by atoms with E-state index in [0.29, 0.717) is 10.0 Å². The molecule has 88 valence electrons. The lowest BCUT2D eigenvalue weighted by Gasteiger charge is -2.03. The number of halogens is 1.